The van der Waals surface area contributed by atoms with Gasteiger partial charge < -0.3 is 21.7 Å². The number of hydrogen-bond donors (Lipinski definition) is 4. The number of carbonyl (C=O) groups excluding carboxylic acids is 1. The molecule has 0 radical (unpaired) electrons. The highest BCUT2D eigenvalue weighted by molar-refractivity contribution is 6.03. The average Bonchev–Trinajstić information content (AvgIpc) is 3.27. The summed E-state index contributed by atoms with van der Waals surface area (Å²) in [6.07, 6.45) is 11.0. The number of hydrogen-bond acceptors (Lipinski definition) is 8. The van der Waals surface area contributed by atoms with E-state index in [2.05, 4.69) is 36.0 Å². The molecule has 0 aromatic carbocycles. The predicted molar refractivity (Wildman–Crippen MR) is 127 cm³/mol. The average molecular weight is 462 g/mol. The number of carbonyl (C=O) groups is 1. The third-order valence-corrected chi connectivity index (χ3v) is 5.80. The fourth-order valence-corrected chi connectivity index (χ4v) is 4.01. The van der Waals surface area contributed by atoms with Crippen LogP contribution in [0, 0.1) is 5.82 Å². The lowest BCUT2D eigenvalue weighted by Crippen LogP contribution is -2.33. The molecular weight excluding hydrogens is 437 g/mol. The van der Waals surface area contributed by atoms with E-state index in [0.29, 0.717) is 17.2 Å². The van der Waals surface area contributed by atoms with Crippen LogP contribution in [0.15, 0.2) is 55.2 Å². The molecule has 34 heavy (non-hydrogen) atoms. The molecule has 4 aromatic rings. The summed E-state index contributed by atoms with van der Waals surface area (Å²) in [5, 5.41) is 14.0. The van der Waals surface area contributed by atoms with E-state index < -0.39 is 11.7 Å². The zero-order valence-corrected chi connectivity index (χ0v) is 18.3. The van der Waals surface area contributed by atoms with Crippen molar-refractivity contribution in [3.05, 3.63) is 66.8 Å². The normalized spacial score (nSPS) is 17.9. The third-order valence-electron chi connectivity index (χ3n) is 5.80. The Kier molecular flexibility index (Phi) is 6.00. The molecule has 0 atom stereocenters. The summed E-state index contributed by atoms with van der Waals surface area (Å²) < 4.78 is 15.5. The zero-order valence-electron chi connectivity index (χ0n) is 18.3. The molecule has 0 unspecified atom stereocenters. The van der Waals surface area contributed by atoms with Gasteiger partial charge in [-0.25, -0.2) is 13.9 Å². The van der Waals surface area contributed by atoms with E-state index in [1.54, 1.807) is 12.4 Å². The van der Waals surface area contributed by atoms with Gasteiger partial charge in [-0.15, -0.1) is 5.10 Å². The van der Waals surface area contributed by atoms with Gasteiger partial charge in [0, 0.05) is 42.4 Å². The summed E-state index contributed by atoms with van der Waals surface area (Å²) >= 11 is 0. The predicted octanol–water partition coefficient (Wildman–Crippen LogP) is 3.34. The maximum atomic E-state index is 14.0. The largest absolute Gasteiger partial charge is 0.366 e. The highest BCUT2D eigenvalue weighted by Crippen LogP contribution is 2.27. The Balaban J connectivity index is 1.50. The number of nitrogens with zero attached hydrogens (tertiary/aromatic N) is 5. The van der Waals surface area contributed by atoms with Crippen molar-refractivity contribution in [3.8, 4) is 0 Å². The first-order valence-corrected chi connectivity index (χ1v) is 11.1. The first-order valence-electron chi connectivity index (χ1n) is 11.1. The van der Waals surface area contributed by atoms with Gasteiger partial charge >= 0.3 is 0 Å². The van der Waals surface area contributed by atoms with E-state index in [0.717, 1.165) is 37.6 Å². The van der Waals surface area contributed by atoms with Crippen molar-refractivity contribution in [2.45, 2.75) is 37.8 Å². The van der Waals surface area contributed by atoms with Crippen LogP contribution in [0.5, 0.6) is 0 Å². The number of nitrogens with one attached hydrogen (secondary N) is 3. The van der Waals surface area contributed by atoms with E-state index in [9.17, 15) is 9.18 Å². The van der Waals surface area contributed by atoms with Crippen LogP contribution in [0.4, 0.5) is 27.3 Å². The van der Waals surface area contributed by atoms with Crippen LogP contribution in [0.1, 0.15) is 36.2 Å². The fraction of sp³-hybridized carbons (Fsp3) is 0.261. The Morgan fingerprint density at radius 2 is 1.79 bits per heavy atom. The van der Waals surface area contributed by atoms with Crippen molar-refractivity contribution in [1.82, 2.24) is 24.6 Å². The second-order valence-electron chi connectivity index (χ2n) is 8.25. The zero-order chi connectivity index (χ0) is 23.5. The number of fused-ring (bicyclic) bond motifs is 1. The summed E-state index contributed by atoms with van der Waals surface area (Å²) in [5.74, 6) is -0.581. The molecule has 5 N–H and O–H groups in total. The summed E-state index contributed by atoms with van der Waals surface area (Å²) in [5.41, 5.74) is 8.15. The van der Waals surface area contributed by atoms with Crippen molar-refractivity contribution >= 4 is 34.4 Å². The van der Waals surface area contributed by atoms with Crippen LogP contribution in [0.2, 0.25) is 0 Å². The molecule has 1 aliphatic carbocycles. The first kappa shape index (κ1) is 21.7. The minimum absolute atomic E-state index is 0.0258. The number of nitrogens with two attached hydrogens (primary N) is 1. The highest BCUT2D eigenvalue weighted by atomic mass is 19.1. The van der Waals surface area contributed by atoms with Gasteiger partial charge in [-0.05, 0) is 43.9 Å². The van der Waals surface area contributed by atoms with Gasteiger partial charge in [-0.1, -0.05) is 0 Å². The number of aromatic nitrogens is 5. The van der Waals surface area contributed by atoms with Crippen LogP contribution in [-0.2, 0) is 0 Å². The molecule has 0 spiro atoms. The molecular formula is C23H24FN9O. The molecule has 0 bridgehead atoms. The fourth-order valence-electron chi connectivity index (χ4n) is 4.01. The van der Waals surface area contributed by atoms with E-state index >= 15 is 0 Å². The highest BCUT2D eigenvalue weighted by Gasteiger charge is 2.22. The summed E-state index contributed by atoms with van der Waals surface area (Å²) in [6, 6.07) is 7.37. The van der Waals surface area contributed by atoms with E-state index in [4.69, 9.17) is 5.73 Å². The SMILES string of the molecule is N[C@H]1CC[C@H](Nc2cc(Nc3ccncc3)c3ncc(C(=O)Nc4ccncc4F)n3n2)CC1. The molecule has 11 heteroatoms. The number of amides is 1. The molecule has 1 aliphatic rings. The second kappa shape index (κ2) is 9.40. The molecule has 10 nitrogen and oxygen atoms in total. The Labute approximate surface area is 194 Å². The number of pyridine rings is 2. The first-order chi connectivity index (χ1) is 16.6. The van der Waals surface area contributed by atoms with Crippen molar-refractivity contribution in [1.29, 1.82) is 0 Å². The van der Waals surface area contributed by atoms with Gasteiger partial charge in [-0.2, -0.15) is 0 Å². The Morgan fingerprint density at radius 3 is 2.56 bits per heavy atom. The summed E-state index contributed by atoms with van der Waals surface area (Å²) in [7, 11) is 0. The van der Waals surface area contributed by atoms with E-state index in [1.807, 2.05) is 18.2 Å². The standard InChI is InChI=1S/C23H24FN9O/c24-17-12-27-10-7-18(17)31-23(34)20-13-28-22-19(29-16-5-8-26-9-6-16)11-21(32-33(20)22)30-15-3-1-14(25)2-4-15/h5-15H,1-4,25H2,(H,26,29)(H,30,32)(H,27,31,34)/t14-,15-. The van der Waals surface area contributed by atoms with Crippen LogP contribution in [-0.4, -0.2) is 42.6 Å². The van der Waals surface area contributed by atoms with Gasteiger partial charge in [0.1, 0.15) is 5.82 Å². The number of halogens is 1. The van der Waals surface area contributed by atoms with Crippen LogP contribution < -0.4 is 21.7 Å². The van der Waals surface area contributed by atoms with E-state index in [1.165, 1.54) is 23.0 Å². The lowest BCUT2D eigenvalue weighted by Gasteiger charge is -2.27. The maximum Gasteiger partial charge on any atom is 0.276 e. The Bertz CT molecular complexity index is 1300. The molecule has 1 fully saturated rings. The molecule has 5 rings (SSSR count). The number of anilines is 4. The minimum Gasteiger partial charge on any atom is -0.366 e. The van der Waals surface area contributed by atoms with Gasteiger partial charge in [0.05, 0.1) is 23.8 Å². The molecule has 4 heterocycles. The minimum atomic E-state index is -0.629. The van der Waals surface area contributed by atoms with Gasteiger partial charge in [-0.3, -0.25) is 14.8 Å². The number of imidazole rings is 1. The van der Waals surface area contributed by atoms with Crippen LogP contribution >= 0.6 is 0 Å². The van der Waals surface area contributed by atoms with Gasteiger partial charge in [0.2, 0.25) is 0 Å². The van der Waals surface area contributed by atoms with Crippen molar-refractivity contribution in [3.63, 3.8) is 0 Å². The maximum absolute atomic E-state index is 14.0. The Morgan fingerprint density at radius 1 is 1.03 bits per heavy atom. The molecule has 0 aliphatic heterocycles. The van der Waals surface area contributed by atoms with Gasteiger partial charge in [0.15, 0.2) is 17.2 Å². The smallest absolute Gasteiger partial charge is 0.276 e. The quantitative estimate of drug-likeness (QED) is 0.343. The monoisotopic (exact) mass is 461 g/mol. The van der Waals surface area contributed by atoms with Crippen molar-refractivity contribution in [2.24, 2.45) is 5.73 Å². The molecule has 4 aromatic heterocycles. The second-order valence-corrected chi connectivity index (χ2v) is 8.25. The topological polar surface area (TPSA) is 135 Å². The van der Waals surface area contributed by atoms with Gasteiger partial charge in [0.25, 0.3) is 5.91 Å². The van der Waals surface area contributed by atoms with Crippen molar-refractivity contribution < 1.29 is 9.18 Å². The summed E-state index contributed by atoms with van der Waals surface area (Å²) in [6.45, 7) is 0. The number of rotatable bonds is 6. The molecule has 174 valence electrons. The molecule has 1 saturated carbocycles. The lowest BCUT2D eigenvalue weighted by molar-refractivity contribution is 0.102. The van der Waals surface area contributed by atoms with Crippen LogP contribution in [0.3, 0.4) is 0 Å². The third kappa shape index (κ3) is 4.64. The van der Waals surface area contributed by atoms with Crippen LogP contribution in [0.25, 0.3) is 5.65 Å². The Hall–Kier alpha value is -4.12. The molecule has 0 saturated heterocycles. The molecule has 1 amide bonds. The lowest BCUT2D eigenvalue weighted by atomic mass is 9.92. The van der Waals surface area contributed by atoms with E-state index in [-0.39, 0.29) is 23.5 Å². The summed E-state index contributed by atoms with van der Waals surface area (Å²) in [4.78, 5) is 25.1. The van der Waals surface area contributed by atoms with Crippen molar-refractivity contribution in [2.75, 3.05) is 16.0 Å².